The molecular formula is C12H20N2O3S. The molecule has 0 saturated carbocycles. The smallest absolute Gasteiger partial charge is 0.212 e. The first kappa shape index (κ1) is 13.6. The number of sulfonamides is 1. The first-order chi connectivity index (χ1) is 8.55. The van der Waals surface area contributed by atoms with Crippen LogP contribution in [0.1, 0.15) is 24.4 Å². The van der Waals surface area contributed by atoms with Crippen molar-refractivity contribution >= 4 is 10.0 Å². The molecule has 5 nitrogen and oxygen atoms in total. The minimum atomic E-state index is -3.22. The van der Waals surface area contributed by atoms with Crippen LogP contribution in [0.4, 0.5) is 0 Å². The molecule has 1 aliphatic heterocycles. The summed E-state index contributed by atoms with van der Waals surface area (Å²) in [5, 5.41) is 3.22. The zero-order valence-corrected chi connectivity index (χ0v) is 11.4. The van der Waals surface area contributed by atoms with Crippen molar-refractivity contribution in [1.29, 1.82) is 0 Å². The third-order valence-corrected chi connectivity index (χ3v) is 4.61. The second-order valence-corrected chi connectivity index (χ2v) is 6.68. The summed E-state index contributed by atoms with van der Waals surface area (Å²) in [6.07, 6.45) is 2.03. The monoisotopic (exact) mass is 272 g/mol. The number of rotatable bonds is 5. The van der Waals surface area contributed by atoms with Crippen molar-refractivity contribution in [3.05, 3.63) is 23.7 Å². The maximum absolute atomic E-state index is 11.9. The average Bonchev–Trinajstić information content (AvgIpc) is 2.74. The third kappa shape index (κ3) is 4.12. The highest BCUT2D eigenvalue weighted by Crippen LogP contribution is 2.12. The summed E-state index contributed by atoms with van der Waals surface area (Å²) >= 11 is 0. The lowest BCUT2D eigenvalue weighted by atomic mass is 10.0. The Kier molecular flexibility index (Phi) is 4.42. The summed E-state index contributed by atoms with van der Waals surface area (Å²) < 4.78 is 31.7. The molecule has 2 rings (SSSR count). The van der Waals surface area contributed by atoms with Crippen LogP contribution < -0.4 is 10.0 Å². The van der Waals surface area contributed by atoms with Gasteiger partial charge < -0.3 is 9.73 Å². The normalized spacial score (nSPS) is 21.1. The van der Waals surface area contributed by atoms with E-state index in [2.05, 4.69) is 10.0 Å². The van der Waals surface area contributed by atoms with Crippen molar-refractivity contribution in [2.75, 3.05) is 18.8 Å². The van der Waals surface area contributed by atoms with Crippen LogP contribution in [-0.4, -0.2) is 27.3 Å². The van der Waals surface area contributed by atoms with Gasteiger partial charge in [0.2, 0.25) is 10.0 Å². The van der Waals surface area contributed by atoms with E-state index in [0.717, 1.165) is 31.7 Å². The molecule has 18 heavy (non-hydrogen) atoms. The molecular weight excluding hydrogens is 252 g/mol. The summed E-state index contributed by atoms with van der Waals surface area (Å²) in [7, 11) is -3.22. The highest BCUT2D eigenvalue weighted by atomic mass is 32.2. The topological polar surface area (TPSA) is 71.3 Å². The molecule has 1 atom stereocenters. The first-order valence-corrected chi connectivity index (χ1v) is 7.94. The van der Waals surface area contributed by atoms with Gasteiger partial charge in [0.1, 0.15) is 11.5 Å². The van der Waals surface area contributed by atoms with Crippen molar-refractivity contribution in [2.45, 2.75) is 26.3 Å². The molecule has 0 aliphatic carbocycles. The molecule has 1 aliphatic rings. The van der Waals surface area contributed by atoms with Crippen molar-refractivity contribution < 1.29 is 12.8 Å². The molecule has 1 saturated heterocycles. The summed E-state index contributed by atoms with van der Waals surface area (Å²) in [6.45, 7) is 3.86. The van der Waals surface area contributed by atoms with Gasteiger partial charge in [-0.05, 0) is 50.9 Å². The number of hydrogen-bond donors (Lipinski definition) is 2. The second-order valence-electron chi connectivity index (χ2n) is 4.83. The van der Waals surface area contributed by atoms with E-state index in [1.165, 1.54) is 0 Å². The molecule has 1 aromatic heterocycles. The second kappa shape index (κ2) is 5.86. The largest absolute Gasteiger partial charge is 0.465 e. The minimum Gasteiger partial charge on any atom is -0.465 e. The van der Waals surface area contributed by atoms with Gasteiger partial charge in [-0.1, -0.05) is 0 Å². The highest BCUT2D eigenvalue weighted by Gasteiger charge is 2.21. The van der Waals surface area contributed by atoms with Crippen LogP contribution in [0.25, 0.3) is 0 Å². The van der Waals surface area contributed by atoms with Crippen LogP contribution in [0.5, 0.6) is 0 Å². The Hall–Kier alpha value is -0.850. The molecule has 0 bridgehead atoms. The fraction of sp³-hybridized carbons (Fsp3) is 0.667. The van der Waals surface area contributed by atoms with Gasteiger partial charge in [0.05, 0.1) is 12.3 Å². The lowest BCUT2D eigenvalue weighted by molar-refractivity contribution is 0.402. The Morgan fingerprint density at radius 2 is 2.33 bits per heavy atom. The molecule has 0 aromatic carbocycles. The number of hydrogen-bond acceptors (Lipinski definition) is 4. The van der Waals surface area contributed by atoms with Crippen molar-refractivity contribution in [1.82, 2.24) is 10.0 Å². The summed E-state index contributed by atoms with van der Waals surface area (Å²) in [5.74, 6) is 1.85. The number of nitrogens with one attached hydrogen (secondary N) is 2. The molecule has 0 radical (unpaired) electrons. The standard InChI is InChI=1S/C12H20N2O3S/c1-10-4-5-12(17-10)8-14-18(15,16)9-11-3-2-6-13-7-11/h4-5,11,13-14H,2-3,6-9H2,1H3. The van der Waals surface area contributed by atoms with E-state index in [-0.39, 0.29) is 18.2 Å². The van der Waals surface area contributed by atoms with Gasteiger partial charge in [-0.15, -0.1) is 0 Å². The Balaban J connectivity index is 1.83. The molecule has 2 heterocycles. The van der Waals surface area contributed by atoms with Gasteiger partial charge in [0.25, 0.3) is 0 Å². The van der Waals surface area contributed by atoms with E-state index in [4.69, 9.17) is 4.42 Å². The molecule has 0 spiro atoms. The number of furan rings is 1. The van der Waals surface area contributed by atoms with Crippen LogP contribution in [0.3, 0.4) is 0 Å². The van der Waals surface area contributed by atoms with Crippen LogP contribution in [0.2, 0.25) is 0 Å². The third-order valence-electron chi connectivity index (χ3n) is 3.12. The van der Waals surface area contributed by atoms with E-state index >= 15 is 0 Å². The van der Waals surface area contributed by atoms with Crippen LogP contribution in [-0.2, 0) is 16.6 Å². The van der Waals surface area contributed by atoms with Crippen molar-refractivity contribution in [3.63, 3.8) is 0 Å². The van der Waals surface area contributed by atoms with Crippen molar-refractivity contribution in [3.8, 4) is 0 Å². The average molecular weight is 272 g/mol. The fourth-order valence-electron chi connectivity index (χ4n) is 2.20. The lowest BCUT2D eigenvalue weighted by Crippen LogP contribution is -2.37. The van der Waals surface area contributed by atoms with E-state index < -0.39 is 10.0 Å². The molecule has 1 aromatic rings. The molecule has 102 valence electrons. The summed E-state index contributed by atoms with van der Waals surface area (Å²) in [4.78, 5) is 0. The van der Waals surface area contributed by atoms with E-state index in [1.54, 1.807) is 6.07 Å². The van der Waals surface area contributed by atoms with Gasteiger partial charge in [0.15, 0.2) is 0 Å². The quantitative estimate of drug-likeness (QED) is 0.839. The summed E-state index contributed by atoms with van der Waals surface area (Å²) in [5.41, 5.74) is 0. The zero-order valence-electron chi connectivity index (χ0n) is 10.6. The maximum Gasteiger partial charge on any atom is 0.212 e. The van der Waals surface area contributed by atoms with Crippen LogP contribution in [0, 0.1) is 12.8 Å². The molecule has 2 N–H and O–H groups in total. The van der Waals surface area contributed by atoms with Gasteiger partial charge in [-0.3, -0.25) is 0 Å². The first-order valence-electron chi connectivity index (χ1n) is 6.28. The van der Waals surface area contributed by atoms with Gasteiger partial charge in [0, 0.05) is 0 Å². The molecule has 6 heteroatoms. The molecule has 1 fully saturated rings. The predicted molar refractivity (Wildman–Crippen MR) is 69.7 cm³/mol. The van der Waals surface area contributed by atoms with Crippen molar-refractivity contribution in [2.24, 2.45) is 5.92 Å². The Morgan fingerprint density at radius 3 is 2.94 bits per heavy atom. The highest BCUT2D eigenvalue weighted by molar-refractivity contribution is 7.89. The van der Waals surface area contributed by atoms with Gasteiger partial charge in [-0.25, -0.2) is 13.1 Å². The fourth-order valence-corrected chi connectivity index (χ4v) is 3.58. The SMILES string of the molecule is Cc1ccc(CNS(=O)(=O)CC2CCCNC2)o1. The Bertz CT molecular complexity index is 475. The summed E-state index contributed by atoms with van der Waals surface area (Å²) in [6, 6.07) is 3.62. The van der Waals surface area contributed by atoms with E-state index in [0.29, 0.717) is 5.76 Å². The zero-order chi connectivity index (χ0) is 13.0. The number of aryl methyl sites for hydroxylation is 1. The Labute approximate surface area is 108 Å². The lowest BCUT2D eigenvalue weighted by Gasteiger charge is -2.22. The van der Waals surface area contributed by atoms with Gasteiger partial charge >= 0.3 is 0 Å². The van der Waals surface area contributed by atoms with Gasteiger partial charge in [-0.2, -0.15) is 0 Å². The van der Waals surface area contributed by atoms with Crippen LogP contribution >= 0.6 is 0 Å². The van der Waals surface area contributed by atoms with E-state index in [9.17, 15) is 8.42 Å². The molecule has 0 amide bonds. The molecule has 1 unspecified atom stereocenters. The van der Waals surface area contributed by atoms with E-state index in [1.807, 2.05) is 13.0 Å². The minimum absolute atomic E-state index is 0.194. The Morgan fingerprint density at radius 1 is 1.50 bits per heavy atom. The van der Waals surface area contributed by atoms with Crippen LogP contribution in [0.15, 0.2) is 16.5 Å². The predicted octanol–water partition coefficient (Wildman–Crippen LogP) is 1.01. The maximum atomic E-state index is 11.9. The number of piperidine rings is 1.